The standard InChI is InChI=1S/C29H31ClF2/c1-20-2-4-21(5-3-20)6-7-22-8-10-23(11-9-22)12-13-24-14-16-25(17-15-24)26-18-27(31)29(30)28(32)19-26/h2-5,14-19,22-23H,6-13H2,1H3. The summed E-state index contributed by atoms with van der Waals surface area (Å²) in [5.41, 5.74) is 5.39. The van der Waals surface area contributed by atoms with Crippen molar-refractivity contribution in [3.63, 3.8) is 0 Å². The maximum Gasteiger partial charge on any atom is 0.145 e. The third kappa shape index (κ3) is 5.98. The van der Waals surface area contributed by atoms with Gasteiger partial charge in [-0.1, -0.05) is 91.4 Å². The van der Waals surface area contributed by atoms with Gasteiger partial charge >= 0.3 is 0 Å². The number of aryl methyl sites for hydroxylation is 3. The Hall–Kier alpha value is -2.19. The van der Waals surface area contributed by atoms with Crippen LogP contribution in [-0.4, -0.2) is 0 Å². The van der Waals surface area contributed by atoms with Gasteiger partial charge in [-0.2, -0.15) is 0 Å². The van der Waals surface area contributed by atoms with Crippen LogP contribution in [0.2, 0.25) is 5.02 Å². The van der Waals surface area contributed by atoms with E-state index in [1.165, 1.54) is 73.8 Å². The van der Waals surface area contributed by atoms with Crippen molar-refractivity contribution in [2.75, 3.05) is 0 Å². The van der Waals surface area contributed by atoms with Gasteiger partial charge in [-0.05, 0) is 78.8 Å². The van der Waals surface area contributed by atoms with Gasteiger partial charge in [-0.25, -0.2) is 8.78 Å². The molecule has 32 heavy (non-hydrogen) atoms. The second-order valence-corrected chi connectivity index (χ2v) is 9.78. The number of benzene rings is 3. The molecule has 0 radical (unpaired) electrons. The van der Waals surface area contributed by atoms with Crippen molar-refractivity contribution in [1.82, 2.24) is 0 Å². The second-order valence-electron chi connectivity index (χ2n) is 9.40. The minimum absolute atomic E-state index is 0.449. The zero-order valence-corrected chi connectivity index (χ0v) is 19.5. The molecule has 1 saturated carbocycles. The highest BCUT2D eigenvalue weighted by Gasteiger charge is 2.21. The molecule has 1 aliphatic rings. The van der Waals surface area contributed by atoms with Gasteiger partial charge in [0.2, 0.25) is 0 Å². The molecule has 0 bridgehead atoms. The fourth-order valence-corrected chi connectivity index (χ4v) is 5.00. The predicted molar refractivity (Wildman–Crippen MR) is 130 cm³/mol. The topological polar surface area (TPSA) is 0 Å². The summed E-state index contributed by atoms with van der Waals surface area (Å²) >= 11 is 5.59. The normalized spacial score (nSPS) is 18.6. The van der Waals surface area contributed by atoms with Gasteiger partial charge in [0, 0.05) is 0 Å². The Kier molecular flexibility index (Phi) is 7.63. The first-order valence-electron chi connectivity index (χ1n) is 11.8. The zero-order valence-electron chi connectivity index (χ0n) is 18.7. The molecule has 0 atom stereocenters. The lowest BCUT2D eigenvalue weighted by molar-refractivity contribution is 0.253. The predicted octanol–water partition coefficient (Wildman–Crippen LogP) is 8.97. The summed E-state index contributed by atoms with van der Waals surface area (Å²) in [7, 11) is 0. The van der Waals surface area contributed by atoms with Crippen LogP contribution >= 0.6 is 11.6 Å². The largest absolute Gasteiger partial charge is 0.205 e. The van der Waals surface area contributed by atoms with E-state index in [-0.39, 0.29) is 0 Å². The van der Waals surface area contributed by atoms with Crippen molar-refractivity contribution in [3.05, 3.63) is 94.0 Å². The zero-order chi connectivity index (χ0) is 22.5. The summed E-state index contributed by atoms with van der Waals surface area (Å²) in [5, 5.41) is -0.449. The van der Waals surface area contributed by atoms with Gasteiger partial charge in [0.05, 0.1) is 0 Å². The Labute approximate surface area is 195 Å². The molecule has 3 heteroatoms. The maximum atomic E-state index is 13.7. The van der Waals surface area contributed by atoms with E-state index in [2.05, 4.69) is 43.3 Å². The molecule has 0 nitrogen and oxygen atoms in total. The van der Waals surface area contributed by atoms with E-state index in [9.17, 15) is 8.78 Å². The highest BCUT2D eigenvalue weighted by atomic mass is 35.5. The number of hydrogen-bond donors (Lipinski definition) is 0. The molecular weight excluding hydrogens is 422 g/mol. The molecule has 0 spiro atoms. The third-order valence-electron chi connectivity index (χ3n) is 7.04. The second kappa shape index (κ2) is 10.6. The van der Waals surface area contributed by atoms with Gasteiger partial charge in [0.15, 0.2) is 0 Å². The third-order valence-corrected chi connectivity index (χ3v) is 7.40. The van der Waals surface area contributed by atoms with Gasteiger partial charge in [-0.3, -0.25) is 0 Å². The molecule has 168 valence electrons. The SMILES string of the molecule is Cc1ccc(CCC2CCC(CCc3ccc(-c4cc(F)c(Cl)c(F)c4)cc3)CC2)cc1. The minimum atomic E-state index is -0.722. The van der Waals surface area contributed by atoms with Crippen molar-refractivity contribution < 1.29 is 8.78 Å². The van der Waals surface area contributed by atoms with Crippen molar-refractivity contribution in [3.8, 4) is 11.1 Å². The highest BCUT2D eigenvalue weighted by Crippen LogP contribution is 2.34. The summed E-state index contributed by atoms with van der Waals surface area (Å²) < 4.78 is 27.5. The Morgan fingerprint density at radius 1 is 0.688 bits per heavy atom. The molecule has 0 saturated heterocycles. The summed E-state index contributed by atoms with van der Waals surface area (Å²) in [6.45, 7) is 2.14. The van der Waals surface area contributed by atoms with Gasteiger partial charge < -0.3 is 0 Å². The van der Waals surface area contributed by atoms with Gasteiger partial charge in [0.1, 0.15) is 16.7 Å². The molecule has 1 aliphatic carbocycles. The lowest BCUT2D eigenvalue weighted by Gasteiger charge is -2.28. The van der Waals surface area contributed by atoms with Crippen LogP contribution in [0.25, 0.3) is 11.1 Å². The Bertz CT molecular complexity index is 993. The number of halogens is 3. The average molecular weight is 453 g/mol. The van der Waals surface area contributed by atoms with Crippen LogP contribution in [0.4, 0.5) is 8.78 Å². The molecule has 3 aromatic carbocycles. The quantitative estimate of drug-likeness (QED) is 0.314. The number of rotatable bonds is 7. The van der Waals surface area contributed by atoms with Gasteiger partial charge in [-0.15, -0.1) is 0 Å². The highest BCUT2D eigenvalue weighted by molar-refractivity contribution is 6.31. The van der Waals surface area contributed by atoms with Crippen LogP contribution in [0.1, 0.15) is 55.2 Å². The summed E-state index contributed by atoms with van der Waals surface area (Å²) in [5.74, 6) is 0.234. The average Bonchev–Trinajstić information content (AvgIpc) is 2.81. The van der Waals surface area contributed by atoms with Crippen LogP contribution in [0.15, 0.2) is 60.7 Å². The molecular formula is C29H31ClF2. The monoisotopic (exact) mass is 452 g/mol. The molecule has 1 fully saturated rings. The van der Waals surface area contributed by atoms with E-state index in [0.29, 0.717) is 5.56 Å². The van der Waals surface area contributed by atoms with Crippen LogP contribution in [0, 0.1) is 30.4 Å². The first-order chi connectivity index (χ1) is 15.5. The molecule has 4 rings (SSSR count). The van der Waals surface area contributed by atoms with Crippen LogP contribution in [0.3, 0.4) is 0 Å². The fraction of sp³-hybridized carbons (Fsp3) is 0.379. The number of hydrogen-bond acceptors (Lipinski definition) is 0. The van der Waals surface area contributed by atoms with Crippen molar-refractivity contribution in [2.24, 2.45) is 11.8 Å². The fourth-order valence-electron chi connectivity index (χ4n) is 4.89. The Balaban J connectivity index is 1.22. The molecule has 0 aliphatic heterocycles. The van der Waals surface area contributed by atoms with E-state index < -0.39 is 16.7 Å². The van der Waals surface area contributed by atoms with E-state index >= 15 is 0 Å². The lowest BCUT2D eigenvalue weighted by atomic mass is 9.77. The first-order valence-corrected chi connectivity index (χ1v) is 12.1. The van der Waals surface area contributed by atoms with E-state index in [1.54, 1.807) is 0 Å². The van der Waals surface area contributed by atoms with E-state index in [0.717, 1.165) is 23.8 Å². The van der Waals surface area contributed by atoms with Crippen LogP contribution in [0.5, 0.6) is 0 Å². The maximum absolute atomic E-state index is 13.7. The molecule has 3 aromatic rings. The van der Waals surface area contributed by atoms with Gasteiger partial charge in [0.25, 0.3) is 0 Å². The summed E-state index contributed by atoms with van der Waals surface area (Å²) in [6, 6.07) is 19.6. The first kappa shape index (κ1) is 23.0. The van der Waals surface area contributed by atoms with Crippen LogP contribution in [-0.2, 0) is 12.8 Å². The van der Waals surface area contributed by atoms with Crippen molar-refractivity contribution in [1.29, 1.82) is 0 Å². The van der Waals surface area contributed by atoms with Crippen molar-refractivity contribution in [2.45, 2.75) is 58.3 Å². The molecule has 0 aromatic heterocycles. The molecule has 0 N–H and O–H groups in total. The van der Waals surface area contributed by atoms with E-state index in [4.69, 9.17) is 11.6 Å². The van der Waals surface area contributed by atoms with Crippen LogP contribution < -0.4 is 0 Å². The summed E-state index contributed by atoms with van der Waals surface area (Å²) in [6.07, 6.45) is 10.1. The minimum Gasteiger partial charge on any atom is -0.205 e. The smallest absolute Gasteiger partial charge is 0.145 e. The Morgan fingerprint density at radius 2 is 1.12 bits per heavy atom. The summed E-state index contributed by atoms with van der Waals surface area (Å²) in [4.78, 5) is 0. The Morgan fingerprint density at radius 3 is 1.59 bits per heavy atom. The molecule has 0 heterocycles. The molecule has 0 amide bonds. The lowest BCUT2D eigenvalue weighted by Crippen LogP contribution is -2.15. The van der Waals surface area contributed by atoms with Crippen molar-refractivity contribution >= 4 is 11.6 Å². The molecule has 0 unspecified atom stereocenters. The van der Waals surface area contributed by atoms with E-state index in [1.807, 2.05) is 12.1 Å².